The van der Waals surface area contributed by atoms with E-state index in [1.807, 2.05) is 4.72 Å². The fraction of sp³-hybridized carbons (Fsp3) is 0.111. The molecule has 7 nitrogen and oxygen atoms in total. The molecule has 0 bridgehead atoms. The third-order valence-electron chi connectivity index (χ3n) is 3.79. The van der Waals surface area contributed by atoms with Gasteiger partial charge in [0, 0.05) is 18.1 Å². The second-order valence-corrected chi connectivity index (χ2v) is 7.67. The minimum Gasteiger partial charge on any atom is -0.325 e. The predicted molar refractivity (Wildman–Crippen MR) is 98.8 cm³/mol. The number of nitrogens with zero attached hydrogens (tertiary/aromatic N) is 2. The van der Waals surface area contributed by atoms with E-state index in [2.05, 4.69) is 10.4 Å². The van der Waals surface area contributed by atoms with Crippen LogP contribution in [0.2, 0.25) is 0 Å². The molecule has 0 aliphatic heterocycles. The maximum Gasteiger partial charge on any atom is 0.416 e. The van der Waals surface area contributed by atoms with Gasteiger partial charge in [-0.05, 0) is 42.5 Å². The van der Waals surface area contributed by atoms with Crippen molar-refractivity contribution in [1.29, 1.82) is 0 Å². The van der Waals surface area contributed by atoms with E-state index in [9.17, 15) is 26.4 Å². The highest BCUT2D eigenvalue weighted by Crippen LogP contribution is 2.30. The summed E-state index contributed by atoms with van der Waals surface area (Å²) >= 11 is 0. The topological polar surface area (TPSA) is 93.1 Å². The number of benzene rings is 2. The molecule has 2 N–H and O–H groups in total. The van der Waals surface area contributed by atoms with Gasteiger partial charge >= 0.3 is 6.18 Å². The predicted octanol–water partition coefficient (Wildman–Crippen LogP) is 2.81. The minimum absolute atomic E-state index is 0.404. The average molecular weight is 424 g/mol. The molecule has 0 spiro atoms. The van der Waals surface area contributed by atoms with Gasteiger partial charge in [-0.15, -0.1) is 0 Å². The standard InChI is InChI=1S/C18H15F3N4O3S/c19-18(20,21)13-4-1-7-16(10-13)29(27,28)23-12-17(26)24-14-5-2-6-15(11-14)25-9-3-8-22-25/h1-11,23H,12H2,(H,24,26). The number of hydrogen-bond donors (Lipinski definition) is 2. The second kappa shape index (κ2) is 8.05. The van der Waals surface area contributed by atoms with Crippen LogP contribution >= 0.6 is 0 Å². The Kier molecular flexibility index (Phi) is 5.71. The third-order valence-corrected chi connectivity index (χ3v) is 5.19. The molecule has 1 aromatic heterocycles. The number of carbonyl (C=O) groups excluding carboxylic acids is 1. The summed E-state index contributed by atoms with van der Waals surface area (Å²) in [5.74, 6) is -0.682. The van der Waals surface area contributed by atoms with Crippen molar-refractivity contribution in [2.75, 3.05) is 11.9 Å². The molecule has 1 heterocycles. The summed E-state index contributed by atoms with van der Waals surface area (Å²) in [7, 11) is -4.30. The highest BCUT2D eigenvalue weighted by atomic mass is 32.2. The van der Waals surface area contributed by atoms with Gasteiger partial charge in [0.05, 0.1) is 22.7 Å². The summed E-state index contributed by atoms with van der Waals surface area (Å²) in [6, 6.07) is 11.7. The molecule has 152 valence electrons. The number of anilines is 1. The van der Waals surface area contributed by atoms with Crippen LogP contribution in [0.1, 0.15) is 5.56 Å². The van der Waals surface area contributed by atoms with E-state index in [-0.39, 0.29) is 0 Å². The van der Waals surface area contributed by atoms with E-state index in [1.165, 1.54) is 0 Å². The van der Waals surface area contributed by atoms with Crippen molar-refractivity contribution in [3.05, 3.63) is 72.6 Å². The zero-order valence-corrected chi connectivity index (χ0v) is 15.5. The Morgan fingerprint density at radius 1 is 1.07 bits per heavy atom. The molecule has 3 aromatic rings. The number of alkyl halides is 3. The van der Waals surface area contributed by atoms with Crippen molar-refractivity contribution in [2.45, 2.75) is 11.1 Å². The van der Waals surface area contributed by atoms with E-state index in [4.69, 9.17) is 0 Å². The van der Waals surface area contributed by atoms with Gasteiger partial charge in [-0.1, -0.05) is 12.1 Å². The number of hydrogen-bond acceptors (Lipinski definition) is 4. The van der Waals surface area contributed by atoms with Crippen LogP contribution in [0.25, 0.3) is 5.69 Å². The lowest BCUT2D eigenvalue weighted by Crippen LogP contribution is -2.33. The van der Waals surface area contributed by atoms with Crippen molar-refractivity contribution >= 4 is 21.6 Å². The van der Waals surface area contributed by atoms with E-state index in [0.29, 0.717) is 17.4 Å². The van der Waals surface area contributed by atoms with E-state index >= 15 is 0 Å². The lowest BCUT2D eigenvalue weighted by atomic mass is 10.2. The van der Waals surface area contributed by atoms with Crippen LogP contribution in [-0.2, 0) is 21.0 Å². The fourth-order valence-electron chi connectivity index (χ4n) is 2.44. The van der Waals surface area contributed by atoms with Crippen LogP contribution in [0.5, 0.6) is 0 Å². The van der Waals surface area contributed by atoms with Crippen molar-refractivity contribution in [3.8, 4) is 5.69 Å². The number of halogens is 3. The maximum absolute atomic E-state index is 12.8. The highest BCUT2D eigenvalue weighted by Gasteiger charge is 2.31. The third kappa shape index (κ3) is 5.21. The number of sulfonamides is 1. The van der Waals surface area contributed by atoms with Gasteiger partial charge in [0.2, 0.25) is 15.9 Å². The molecular weight excluding hydrogens is 409 g/mol. The number of aromatic nitrogens is 2. The Balaban J connectivity index is 1.65. The summed E-state index contributed by atoms with van der Waals surface area (Å²) in [6.45, 7) is -0.648. The smallest absolute Gasteiger partial charge is 0.325 e. The zero-order valence-electron chi connectivity index (χ0n) is 14.7. The number of rotatable bonds is 6. The molecule has 0 saturated carbocycles. The van der Waals surface area contributed by atoms with Gasteiger partial charge in [0.25, 0.3) is 0 Å². The summed E-state index contributed by atoms with van der Waals surface area (Å²) in [4.78, 5) is 11.5. The van der Waals surface area contributed by atoms with Gasteiger partial charge in [0.15, 0.2) is 0 Å². The van der Waals surface area contributed by atoms with Crippen molar-refractivity contribution < 1.29 is 26.4 Å². The summed E-state index contributed by atoms with van der Waals surface area (Å²) in [5.41, 5.74) is -0.0149. The number of nitrogens with one attached hydrogen (secondary N) is 2. The van der Waals surface area contributed by atoms with Crippen LogP contribution in [0, 0.1) is 0 Å². The molecule has 0 fully saturated rings. The van der Waals surface area contributed by atoms with Crippen LogP contribution < -0.4 is 10.0 Å². The monoisotopic (exact) mass is 424 g/mol. The van der Waals surface area contributed by atoms with E-state index in [1.54, 1.807) is 47.4 Å². The van der Waals surface area contributed by atoms with Crippen LogP contribution in [0.4, 0.5) is 18.9 Å². The first-order chi connectivity index (χ1) is 13.6. The van der Waals surface area contributed by atoms with E-state index < -0.39 is 39.1 Å². The van der Waals surface area contributed by atoms with Gasteiger partial charge in [0.1, 0.15) is 0 Å². The Morgan fingerprint density at radius 3 is 2.52 bits per heavy atom. The Morgan fingerprint density at radius 2 is 1.83 bits per heavy atom. The second-order valence-electron chi connectivity index (χ2n) is 5.90. The van der Waals surface area contributed by atoms with Crippen LogP contribution in [-0.4, -0.2) is 30.7 Å². The van der Waals surface area contributed by atoms with Gasteiger partial charge < -0.3 is 5.32 Å². The van der Waals surface area contributed by atoms with Crippen LogP contribution in [0.15, 0.2) is 71.9 Å². The molecule has 29 heavy (non-hydrogen) atoms. The Labute approximate surface area is 164 Å². The summed E-state index contributed by atoms with van der Waals surface area (Å²) in [6.07, 6.45) is -1.37. The largest absolute Gasteiger partial charge is 0.416 e. The molecular formula is C18H15F3N4O3S. The first kappa shape index (κ1) is 20.6. The molecule has 3 rings (SSSR count). The molecule has 0 saturated heterocycles. The summed E-state index contributed by atoms with van der Waals surface area (Å²) < 4.78 is 66.3. The zero-order chi connectivity index (χ0) is 21.1. The number of carbonyl (C=O) groups is 1. The maximum atomic E-state index is 12.8. The van der Waals surface area contributed by atoms with Crippen LogP contribution in [0.3, 0.4) is 0 Å². The molecule has 0 atom stereocenters. The molecule has 0 aliphatic rings. The molecule has 0 radical (unpaired) electrons. The van der Waals surface area contributed by atoms with Gasteiger partial charge in [-0.25, -0.2) is 17.8 Å². The highest BCUT2D eigenvalue weighted by molar-refractivity contribution is 7.89. The quantitative estimate of drug-likeness (QED) is 0.637. The number of amides is 1. The summed E-state index contributed by atoms with van der Waals surface area (Å²) in [5, 5.41) is 6.58. The Hall–Kier alpha value is -3.18. The Bertz CT molecular complexity index is 1110. The SMILES string of the molecule is O=C(CNS(=O)(=O)c1cccc(C(F)(F)F)c1)Nc1cccc(-n2cccn2)c1. The minimum atomic E-state index is -4.68. The lowest BCUT2D eigenvalue weighted by Gasteiger charge is -2.11. The fourth-order valence-corrected chi connectivity index (χ4v) is 3.46. The molecule has 11 heteroatoms. The average Bonchev–Trinajstić information content (AvgIpc) is 3.21. The van der Waals surface area contributed by atoms with Crippen molar-refractivity contribution in [3.63, 3.8) is 0 Å². The lowest BCUT2D eigenvalue weighted by molar-refractivity contribution is -0.137. The normalized spacial score (nSPS) is 12.0. The molecule has 2 aromatic carbocycles. The molecule has 1 amide bonds. The molecule has 0 unspecified atom stereocenters. The van der Waals surface area contributed by atoms with E-state index in [0.717, 1.165) is 18.2 Å². The first-order valence-corrected chi connectivity index (χ1v) is 9.70. The molecule has 0 aliphatic carbocycles. The van der Waals surface area contributed by atoms with Gasteiger partial charge in [-0.3, -0.25) is 4.79 Å². The van der Waals surface area contributed by atoms with Gasteiger partial charge in [-0.2, -0.15) is 18.3 Å². The first-order valence-electron chi connectivity index (χ1n) is 8.22. The van der Waals surface area contributed by atoms with Crippen molar-refractivity contribution in [1.82, 2.24) is 14.5 Å². The van der Waals surface area contributed by atoms with Crippen molar-refractivity contribution in [2.24, 2.45) is 0 Å².